The number of carbonyl (C=O) groups excluding carboxylic acids is 3. The molecule has 0 spiro atoms. The normalized spacial score (nSPS) is 27.6. The highest BCUT2D eigenvalue weighted by Crippen LogP contribution is 2.21. The molecule has 20 heavy (non-hydrogen) atoms. The fourth-order valence-corrected chi connectivity index (χ4v) is 2.79. The topological polar surface area (TPSA) is 78.5 Å². The Morgan fingerprint density at radius 3 is 2.55 bits per heavy atom. The van der Waals surface area contributed by atoms with Crippen LogP contribution in [0.15, 0.2) is 0 Å². The first kappa shape index (κ1) is 14.8. The fourth-order valence-electron chi connectivity index (χ4n) is 2.79. The number of urea groups is 1. The maximum atomic E-state index is 12.2. The van der Waals surface area contributed by atoms with Gasteiger partial charge in [-0.3, -0.25) is 14.5 Å². The van der Waals surface area contributed by atoms with Crippen molar-refractivity contribution in [1.82, 2.24) is 15.5 Å². The number of nitrogens with zero attached hydrogens (tertiary/aromatic N) is 1. The molecule has 0 radical (unpaired) electrons. The van der Waals surface area contributed by atoms with Crippen molar-refractivity contribution in [2.75, 3.05) is 6.54 Å². The van der Waals surface area contributed by atoms with Gasteiger partial charge in [0.2, 0.25) is 5.91 Å². The van der Waals surface area contributed by atoms with Gasteiger partial charge in [0.25, 0.3) is 5.91 Å². The SMILES string of the molecule is CCC1(C)NC(=O)N(CC(=O)NC2CCCCC2)C1=O. The van der Waals surface area contributed by atoms with Crippen LogP contribution in [0, 0.1) is 0 Å². The summed E-state index contributed by atoms with van der Waals surface area (Å²) in [6, 6.07) is -0.285. The molecule has 0 aromatic carbocycles. The zero-order valence-corrected chi connectivity index (χ0v) is 12.2. The molecule has 1 atom stereocenters. The summed E-state index contributed by atoms with van der Waals surface area (Å²) in [6.07, 6.45) is 5.95. The first-order valence-corrected chi connectivity index (χ1v) is 7.40. The summed E-state index contributed by atoms with van der Waals surface area (Å²) in [5, 5.41) is 5.57. The Morgan fingerprint density at radius 2 is 2.00 bits per heavy atom. The summed E-state index contributed by atoms with van der Waals surface area (Å²) < 4.78 is 0. The number of nitrogens with one attached hydrogen (secondary N) is 2. The standard InChI is InChI=1S/C14H23N3O3/c1-3-14(2)12(19)17(13(20)16-14)9-11(18)15-10-7-5-4-6-8-10/h10H,3-9H2,1-2H3,(H,15,18)(H,16,20). The summed E-state index contributed by atoms with van der Waals surface area (Å²) in [6.45, 7) is 3.34. The summed E-state index contributed by atoms with van der Waals surface area (Å²) in [5.74, 6) is -0.565. The maximum absolute atomic E-state index is 12.2. The Labute approximate surface area is 119 Å². The van der Waals surface area contributed by atoms with E-state index in [0.717, 1.165) is 30.6 Å². The second kappa shape index (κ2) is 5.81. The Balaban J connectivity index is 1.90. The van der Waals surface area contributed by atoms with Gasteiger partial charge in [0, 0.05) is 6.04 Å². The van der Waals surface area contributed by atoms with Gasteiger partial charge in [0.1, 0.15) is 12.1 Å². The molecule has 1 aliphatic carbocycles. The molecule has 2 N–H and O–H groups in total. The predicted octanol–water partition coefficient (Wildman–Crippen LogP) is 1.16. The van der Waals surface area contributed by atoms with E-state index in [4.69, 9.17) is 0 Å². The molecule has 1 saturated heterocycles. The summed E-state index contributed by atoms with van der Waals surface area (Å²) >= 11 is 0. The van der Waals surface area contributed by atoms with E-state index in [2.05, 4.69) is 10.6 Å². The zero-order chi connectivity index (χ0) is 14.8. The van der Waals surface area contributed by atoms with Gasteiger partial charge in [-0.2, -0.15) is 0 Å². The average Bonchev–Trinajstić information content (AvgIpc) is 2.64. The van der Waals surface area contributed by atoms with Crippen LogP contribution < -0.4 is 10.6 Å². The van der Waals surface area contributed by atoms with Crippen molar-refractivity contribution >= 4 is 17.8 Å². The molecule has 6 heteroatoms. The van der Waals surface area contributed by atoms with Gasteiger partial charge in [-0.05, 0) is 26.2 Å². The minimum Gasteiger partial charge on any atom is -0.352 e. The molecule has 2 aliphatic rings. The van der Waals surface area contributed by atoms with E-state index in [1.807, 2.05) is 6.92 Å². The molecule has 112 valence electrons. The van der Waals surface area contributed by atoms with Gasteiger partial charge in [0.05, 0.1) is 0 Å². The molecule has 2 fully saturated rings. The van der Waals surface area contributed by atoms with Gasteiger partial charge < -0.3 is 10.6 Å². The lowest BCUT2D eigenvalue weighted by Gasteiger charge is -2.24. The van der Waals surface area contributed by atoms with Crippen molar-refractivity contribution in [3.8, 4) is 0 Å². The molecule has 1 heterocycles. The average molecular weight is 281 g/mol. The van der Waals surface area contributed by atoms with E-state index in [-0.39, 0.29) is 24.4 Å². The minimum atomic E-state index is -0.873. The van der Waals surface area contributed by atoms with Crippen molar-refractivity contribution < 1.29 is 14.4 Å². The van der Waals surface area contributed by atoms with Crippen molar-refractivity contribution in [3.05, 3.63) is 0 Å². The Bertz CT molecular complexity index is 418. The number of imide groups is 1. The number of amides is 4. The van der Waals surface area contributed by atoms with Crippen molar-refractivity contribution in [1.29, 1.82) is 0 Å². The highest BCUT2D eigenvalue weighted by Gasteiger charge is 2.47. The predicted molar refractivity (Wildman–Crippen MR) is 74.0 cm³/mol. The van der Waals surface area contributed by atoms with E-state index in [0.29, 0.717) is 6.42 Å². The highest BCUT2D eigenvalue weighted by molar-refractivity contribution is 6.08. The van der Waals surface area contributed by atoms with Gasteiger partial charge in [-0.15, -0.1) is 0 Å². The second-order valence-electron chi connectivity index (χ2n) is 5.91. The molecule has 0 bridgehead atoms. The number of hydrogen-bond acceptors (Lipinski definition) is 3. The summed E-state index contributed by atoms with van der Waals surface area (Å²) in [4.78, 5) is 36.9. The van der Waals surface area contributed by atoms with E-state index in [1.165, 1.54) is 6.42 Å². The van der Waals surface area contributed by atoms with E-state index < -0.39 is 11.6 Å². The van der Waals surface area contributed by atoms with Gasteiger partial charge in [0.15, 0.2) is 0 Å². The molecular formula is C14H23N3O3. The van der Waals surface area contributed by atoms with E-state index in [1.54, 1.807) is 6.92 Å². The lowest BCUT2D eigenvalue weighted by atomic mass is 9.95. The molecule has 1 aliphatic heterocycles. The minimum absolute atomic E-state index is 0.184. The molecule has 1 saturated carbocycles. The van der Waals surface area contributed by atoms with Crippen molar-refractivity contribution in [2.24, 2.45) is 0 Å². The first-order chi connectivity index (χ1) is 9.46. The van der Waals surface area contributed by atoms with Crippen LogP contribution in [-0.4, -0.2) is 40.9 Å². The molecule has 2 rings (SSSR count). The van der Waals surface area contributed by atoms with E-state index >= 15 is 0 Å². The van der Waals surface area contributed by atoms with Crippen LogP contribution in [0.25, 0.3) is 0 Å². The zero-order valence-electron chi connectivity index (χ0n) is 12.2. The Kier molecular flexibility index (Phi) is 4.30. The quantitative estimate of drug-likeness (QED) is 0.759. The smallest absolute Gasteiger partial charge is 0.325 e. The van der Waals surface area contributed by atoms with Gasteiger partial charge in [-0.1, -0.05) is 26.2 Å². The van der Waals surface area contributed by atoms with Crippen LogP contribution in [0.1, 0.15) is 52.4 Å². The number of rotatable bonds is 4. The number of hydrogen-bond donors (Lipinski definition) is 2. The van der Waals surface area contributed by atoms with Crippen LogP contribution in [0.4, 0.5) is 4.79 Å². The second-order valence-corrected chi connectivity index (χ2v) is 5.91. The van der Waals surface area contributed by atoms with Crippen LogP contribution in [0.2, 0.25) is 0 Å². The summed E-state index contributed by atoms with van der Waals surface area (Å²) in [7, 11) is 0. The molecule has 0 aromatic heterocycles. The lowest BCUT2D eigenvalue weighted by Crippen LogP contribution is -2.46. The van der Waals surface area contributed by atoms with Crippen molar-refractivity contribution in [2.45, 2.75) is 64.0 Å². The van der Waals surface area contributed by atoms with Gasteiger partial charge >= 0.3 is 6.03 Å². The molecule has 4 amide bonds. The molecule has 0 aromatic rings. The molecule has 6 nitrogen and oxygen atoms in total. The Hall–Kier alpha value is -1.59. The Morgan fingerprint density at radius 1 is 1.35 bits per heavy atom. The van der Waals surface area contributed by atoms with Crippen LogP contribution in [0.5, 0.6) is 0 Å². The van der Waals surface area contributed by atoms with Gasteiger partial charge in [-0.25, -0.2) is 4.79 Å². The van der Waals surface area contributed by atoms with Crippen molar-refractivity contribution in [3.63, 3.8) is 0 Å². The third-order valence-electron chi connectivity index (χ3n) is 4.32. The van der Waals surface area contributed by atoms with Crippen LogP contribution in [-0.2, 0) is 9.59 Å². The maximum Gasteiger partial charge on any atom is 0.325 e. The molecular weight excluding hydrogens is 258 g/mol. The monoisotopic (exact) mass is 281 g/mol. The van der Waals surface area contributed by atoms with Crippen LogP contribution >= 0.6 is 0 Å². The largest absolute Gasteiger partial charge is 0.352 e. The van der Waals surface area contributed by atoms with E-state index in [9.17, 15) is 14.4 Å². The highest BCUT2D eigenvalue weighted by atomic mass is 16.2. The lowest BCUT2D eigenvalue weighted by molar-refractivity contribution is -0.134. The third kappa shape index (κ3) is 2.94. The summed E-state index contributed by atoms with van der Waals surface area (Å²) in [5.41, 5.74) is -0.873. The first-order valence-electron chi connectivity index (χ1n) is 7.40. The fraction of sp³-hybridized carbons (Fsp3) is 0.786. The van der Waals surface area contributed by atoms with Crippen LogP contribution in [0.3, 0.4) is 0 Å². The third-order valence-corrected chi connectivity index (χ3v) is 4.32. The molecule has 1 unspecified atom stereocenters. The number of carbonyl (C=O) groups is 3.